The van der Waals surface area contributed by atoms with E-state index in [4.69, 9.17) is 0 Å². The van der Waals surface area contributed by atoms with Crippen LogP contribution in [0.5, 0.6) is 0 Å². The van der Waals surface area contributed by atoms with Gasteiger partial charge in [0, 0.05) is 38.4 Å². The molecule has 2 heterocycles. The Morgan fingerprint density at radius 3 is 2.60 bits per heavy atom. The van der Waals surface area contributed by atoms with Gasteiger partial charge < -0.3 is 9.80 Å². The van der Waals surface area contributed by atoms with Crippen LogP contribution in [-0.2, 0) is 9.84 Å². The summed E-state index contributed by atoms with van der Waals surface area (Å²) >= 11 is 0. The van der Waals surface area contributed by atoms with Crippen LogP contribution in [0.1, 0.15) is 47.0 Å². The smallest absolute Gasteiger partial charge is 0.272 e. The third kappa shape index (κ3) is 4.78. The first-order valence-electron chi connectivity index (χ1n) is 8.44. The summed E-state index contributed by atoms with van der Waals surface area (Å²) in [5.41, 5.74) is 0.561. The van der Waals surface area contributed by atoms with Gasteiger partial charge in [-0.25, -0.2) is 8.42 Å². The van der Waals surface area contributed by atoms with E-state index in [1.54, 1.807) is 25.1 Å². The number of hydrogen-bond donors (Lipinski definition) is 0. The normalized spacial score (nSPS) is 18.8. The lowest BCUT2D eigenvalue weighted by Gasteiger charge is -2.23. The average molecular weight is 367 g/mol. The summed E-state index contributed by atoms with van der Waals surface area (Å²) in [6.07, 6.45) is 3.78. The molecule has 2 amide bonds. The molecule has 25 heavy (non-hydrogen) atoms. The molecule has 0 N–H and O–H groups in total. The Bertz CT molecular complexity index is 748. The molecule has 8 heteroatoms. The number of amides is 2. The first kappa shape index (κ1) is 19.4. The number of hydrogen-bond acceptors (Lipinski definition) is 5. The Labute approximate surface area is 148 Å². The van der Waals surface area contributed by atoms with E-state index >= 15 is 0 Å². The summed E-state index contributed by atoms with van der Waals surface area (Å²) in [6, 6.07) is 2.72. The molecular weight excluding hydrogens is 342 g/mol. The lowest BCUT2D eigenvalue weighted by molar-refractivity contribution is 0.0741. The molecule has 1 aromatic rings. The van der Waals surface area contributed by atoms with E-state index in [0.717, 1.165) is 12.8 Å². The highest BCUT2D eigenvalue weighted by Gasteiger charge is 2.33. The van der Waals surface area contributed by atoms with Crippen LogP contribution in [0.15, 0.2) is 18.3 Å². The molecule has 1 atom stereocenters. The second-order valence-corrected chi connectivity index (χ2v) is 8.71. The second kappa shape index (κ2) is 7.95. The molecule has 1 unspecified atom stereocenters. The van der Waals surface area contributed by atoms with Gasteiger partial charge in [-0.2, -0.15) is 0 Å². The van der Waals surface area contributed by atoms with E-state index in [-0.39, 0.29) is 35.1 Å². The fraction of sp³-hybridized carbons (Fsp3) is 0.588. The molecule has 1 aromatic heterocycles. The van der Waals surface area contributed by atoms with Crippen molar-refractivity contribution in [3.05, 3.63) is 29.6 Å². The summed E-state index contributed by atoms with van der Waals surface area (Å²) < 4.78 is 23.2. The van der Waals surface area contributed by atoms with Gasteiger partial charge in [0.1, 0.15) is 5.69 Å². The molecule has 7 nitrogen and oxygen atoms in total. The standard InChI is InChI=1S/C17H25N3O4S/c1-4-5-9-19(2)16(21)13-6-8-18-15(11-13)17(22)20(3)14-7-10-25(23,24)12-14/h6,8,11,14H,4-5,7,9-10,12H2,1-3H3. The zero-order chi connectivity index (χ0) is 18.6. The minimum absolute atomic E-state index is 0.0202. The van der Waals surface area contributed by atoms with Gasteiger partial charge >= 0.3 is 0 Å². The number of pyridine rings is 1. The molecule has 0 aromatic carbocycles. The Morgan fingerprint density at radius 1 is 1.28 bits per heavy atom. The van der Waals surface area contributed by atoms with Crippen LogP contribution in [0.4, 0.5) is 0 Å². The molecular formula is C17H25N3O4S. The van der Waals surface area contributed by atoms with Gasteiger partial charge in [-0.1, -0.05) is 13.3 Å². The fourth-order valence-corrected chi connectivity index (χ4v) is 4.60. The molecule has 1 aliphatic heterocycles. The van der Waals surface area contributed by atoms with Crippen molar-refractivity contribution >= 4 is 21.7 Å². The van der Waals surface area contributed by atoms with Crippen LogP contribution < -0.4 is 0 Å². The summed E-state index contributed by atoms with van der Waals surface area (Å²) in [5.74, 6) is -0.444. The van der Waals surface area contributed by atoms with Crippen molar-refractivity contribution in [2.75, 3.05) is 32.1 Å². The molecule has 1 aliphatic rings. The number of nitrogens with zero attached hydrogens (tertiary/aromatic N) is 3. The molecule has 0 bridgehead atoms. The number of carbonyl (C=O) groups excluding carboxylic acids is 2. The van der Waals surface area contributed by atoms with Crippen LogP contribution in [0, 0.1) is 0 Å². The van der Waals surface area contributed by atoms with E-state index in [0.29, 0.717) is 18.5 Å². The van der Waals surface area contributed by atoms with Gasteiger partial charge in [-0.15, -0.1) is 0 Å². The van der Waals surface area contributed by atoms with Crippen molar-refractivity contribution in [3.63, 3.8) is 0 Å². The maximum absolute atomic E-state index is 12.6. The van der Waals surface area contributed by atoms with Gasteiger partial charge in [-0.05, 0) is 25.0 Å². The Morgan fingerprint density at radius 2 is 2.00 bits per heavy atom. The van der Waals surface area contributed by atoms with Gasteiger partial charge in [-0.3, -0.25) is 14.6 Å². The van der Waals surface area contributed by atoms with Gasteiger partial charge in [0.2, 0.25) is 0 Å². The summed E-state index contributed by atoms with van der Waals surface area (Å²) in [6.45, 7) is 2.71. The highest BCUT2D eigenvalue weighted by molar-refractivity contribution is 7.91. The summed E-state index contributed by atoms with van der Waals surface area (Å²) in [7, 11) is 0.239. The highest BCUT2D eigenvalue weighted by atomic mass is 32.2. The number of carbonyl (C=O) groups is 2. The molecule has 1 saturated heterocycles. The molecule has 0 aliphatic carbocycles. The quantitative estimate of drug-likeness (QED) is 0.754. The maximum Gasteiger partial charge on any atom is 0.272 e. The van der Waals surface area contributed by atoms with Crippen molar-refractivity contribution < 1.29 is 18.0 Å². The largest absolute Gasteiger partial charge is 0.342 e. The molecule has 2 rings (SSSR count). The zero-order valence-electron chi connectivity index (χ0n) is 14.9. The minimum Gasteiger partial charge on any atom is -0.342 e. The van der Waals surface area contributed by atoms with Crippen LogP contribution in [0.2, 0.25) is 0 Å². The van der Waals surface area contributed by atoms with Gasteiger partial charge in [0.15, 0.2) is 9.84 Å². The van der Waals surface area contributed by atoms with Crippen LogP contribution >= 0.6 is 0 Å². The van der Waals surface area contributed by atoms with Gasteiger partial charge in [0.05, 0.1) is 11.5 Å². The fourth-order valence-electron chi connectivity index (χ4n) is 2.83. The van der Waals surface area contributed by atoms with Crippen molar-refractivity contribution in [1.82, 2.24) is 14.8 Å². The predicted octanol–water partition coefficient (Wildman–Crippen LogP) is 1.21. The monoisotopic (exact) mass is 367 g/mol. The lowest BCUT2D eigenvalue weighted by atomic mass is 10.1. The Hall–Kier alpha value is -1.96. The van der Waals surface area contributed by atoms with Crippen LogP contribution in [-0.4, -0.2) is 73.2 Å². The maximum atomic E-state index is 12.6. The predicted molar refractivity (Wildman–Crippen MR) is 95.3 cm³/mol. The van der Waals surface area contributed by atoms with Crippen molar-refractivity contribution in [2.24, 2.45) is 0 Å². The summed E-state index contributed by atoms with van der Waals surface area (Å²) in [5, 5.41) is 0. The average Bonchev–Trinajstić information content (AvgIpc) is 2.97. The Kier molecular flexibility index (Phi) is 6.16. The van der Waals surface area contributed by atoms with E-state index in [1.165, 1.54) is 17.2 Å². The van der Waals surface area contributed by atoms with E-state index in [1.807, 2.05) is 0 Å². The van der Waals surface area contributed by atoms with Crippen molar-refractivity contribution in [3.8, 4) is 0 Å². The van der Waals surface area contributed by atoms with E-state index < -0.39 is 9.84 Å². The molecule has 1 fully saturated rings. The molecule has 138 valence electrons. The third-order valence-corrected chi connectivity index (χ3v) is 6.25. The number of rotatable bonds is 6. The molecule has 0 radical (unpaired) electrons. The van der Waals surface area contributed by atoms with Crippen molar-refractivity contribution in [1.29, 1.82) is 0 Å². The van der Waals surface area contributed by atoms with E-state index in [9.17, 15) is 18.0 Å². The van der Waals surface area contributed by atoms with Crippen molar-refractivity contribution in [2.45, 2.75) is 32.2 Å². The number of unbranched alkanes of at least 4 members (excludes halogenated alkanes) is 1. The highest BCUT2D eigenvalue weighted by Crippen LogP contribution is 2.18. The topological polar surface area (TPSA) is 87.7 Å². The summed E-state index contributed by atoms with van der Waals surface area (Å²) in [4.78, 5) is 32.1. The first-order chi connectivity index (χ1) is 11.7. The van der Waals surface area contributed by atoms with Crippen LogP contribution in [0.25, 0.3) is 0 Å². The third-order valence-electron chi connectivity index (χ3n) is 4.50. The number of aromatic nitrogens is 1. The number of sulfone groups is 1. The molecule has 0 spiro atoms. The minimum atomic E-state index is -3.07. The van der Waals surface area contributed by atoms with Gasteiger partial charge in [0.25, 0.3) is 11.8 Å². The molecule has 0 saturated carbocycles. The SMILES string of the molecule is CCCCN(C)C(=O)c1ccnc(C(=O)N(C)C2CCS(=O)(=O)C2)c1. The zero-order valence-corrected chi connectivity index (χ0v) is 15.8. The second-order valence-electron chi connectivity index (χ2n) is 6.48. The lowest BCUT2D eigenvalue weighted by Crippen LogP contribution is -2.38. The first-order valence-corrected chi connectivity index (χ1v) is 10.3. The van der Waals surface area contributed by atoms with E-state index in [2.05, 4.69) is 11.9 Å². The Balaban J connectivity index is 2.12. The van der Waals surface area contributed by atoms with Crippen LogP contribution in [0.3, 0.4) is 0 Å².